The van der Waals surface area contributed by atoms with Crippen LogP contribution in [0.2, 0.25) is 0 Å². The Morgan fingerprint density at radius 2 is 2.05 bits per heavy atom. The molecule has 2 atom stereocenters. The highest BCUT2D eigenvalue weighted by atomic mass is 16.5. The summed E-state index contributed by atoms with van der Waals surface area (Å²) in [5.41, 5.74) is 0. The molecule has 1 aliphatic heterocycles. The lowest BCUT2D eigenvalue weighted by atomic mass is 10.1. The van der Waals surface area contributed by atoms with Gasteiger partial charge in [0.2, 0.25) is 0 Å². The first kappa shape index (κ1) is 17.9. The van der Waals surface area contributed by atoms with E-state index in [1.807, 2.05) is 0 Å². The third kappa shape index (κ3) is 8.23. The highest BCUT2D eigenvalue weighted by Gasteiger charge is 2.20. The molecule has 0 aliphatic carbocycles. The third-order valence-electron chi connectivity index (χ3n) is 4.15. The van der Waals surface area contributed by atoms with E-state index in [0.29, 0.717) is 12.1 Å². The van der Waals surface area contributed by atoms with Crippen LogP contribution in [0.25, 0.3) is 0 Å². The Bertz CT molecular complexity index is 239. The van der Waals surface area contributed by atoms with Gasteiger partial charge in [-0.25, -0.2) is 0 Å². The van der Waals surface area contributed by atoms with Crippen molar-refractivity contribution >= 4 is 0 Å². The standard InChI is InChI=1S/C17H36N2O.H2/c1-5-16(4)18-10-8-6-7-9-17-14-19(11-12-20-17)13-15(2)3;/h15-18H,5-14H2,1-4H3;1H/t16?,17-;/m1./s1. The van der Waals surface area contributed by atoms with Crippen LogP contribution in [-0.2, 0) is 4.74 Å². The minimum absolute atomic E-state index is 0. The van der Waals surface area contributed by atoms with Gasteiger partial charge in [0.1, 0.15) is 0 Å². The van der Waals surface area contributed by atoms with E-state index in [1.54, 1.807) is 0 Å². The number of nitrogens with zero attached hydrogens (tertiary/aromatic N) is 1. The lowest BCUT2D eigenvalue weighted by Crippen LogP contribution is -2.43. The van der Waals surface area contributed by atoms with Crippen LogP contribution < -0.4 is 5.32 Å². The van der Waals surface area contributed by atoms with E-state index in [2.05, 4.69) is 37.9 Å². The Balaban J connectivity index is 0.00000400. The fourth-order valence-corrected chi connectivity index (χ4v) is 2.80. The highest BCUT2D eigenvalue weighted by molar-refractivity contribution is 4.72. The molecule has 3 nitrogen and oxygen atoms in total. The van der Waals surface area contributed by atoms with Gasteiger partial charge in [-0.15, -0.1) is 0 Å². The fraction of sp³-hybridized carbons (Fsp3) is 1.00. The first-order valence-corrected chi connectivity index (χ1v) is 8.69. The van der Waals surface area contributed by atoms with Crippen LogP contribution in [0.4, 0.5) is 0 Å². The second-order valence-electron chi connectivity index (χ2n) is 6.76. The molecule has 0 aromatic carbocycles. The Kier molecular flexibility index (Phi) is 9.49. The van der Waals surface area contributed by atoms with E-state index in [1.165, 1.54) is 45.2 Å². The summed E-state index contributed by atoms with van der Waals surface area (Å²) in [4.78, 5) is 2.57. The predicted octanol–water partition coefficient (Wildman–Crippen LogP) is 3.54. The number of ether oxygens (including phenoxy) is 1. The smallest absolute Gasteiger partial charge is 0.0702 e. The Labute approximate surface area is 127 Å². The van der Waals surface area contributed by atoms with Gasteiger partial charge in [-0.1, -0.05) is 33.6 Å². The quantitative estimate of drug-likeness (QED) is 0.622. The van der Waals surface area contributed by atoms with Crippen molar-refractivity contribution in [3.63, 3.8) is 0 Å². The highest BCUT2D eigenvalue weighted by Crippen LogP contribution is 2.13. The molecule has 0 aromatic heterocycles. The molecule has 1 N–H and O–H groups in total. The molecule has 1 aliphatic rings. The van der Waals surface area contributed by atoms with Crippen molar-refractivity contribution in [2.45, 2.75) is 71.9 Å². The fourth-order valence-electron chi connectivity index (χ4n) is 2.80. The molecule has 1 unspecified atom stereocenters. The summed E-state index contributed by atoms with van der Waals surface area (Å²) in [7, 11) is 0. The first-order chi connectivity index (χ1) is 9.61. The van der Waals surface area contributed by atoms with Crippen LogP contribution in [0.15, 0.2) is 0 Å². The van der Waals surface area contributed by atoms with Crippen molar-refractivity contribution in [1.82, 2.24) is 10.2 Å². The van der Waals surface area contributed by atoms with E-state index >= 15 is 0 Å². The lowest BCUT2D eigenvalue weighted by Gasteiger charge is -2.34. The minimum atomic E-state index is 0. The van der Waals surface area contributed by atoms with Crippen molar-refractivity contribution in [3.05, 3.63) is 0 Å². The summed E-state index contributed by atoms with van der Waals surface area (Å²) in [6.07, 6.45) is 6.87. The maximum atomic E-state index is 5.89. The van der Waals surface area contributed by atoms with E-state index in [4.69, 9.17) is 4.74 Å². The van der Waals surface area contributed by atoms with Crippen LogP contribution in [0.3, 0.4) is 0 Å². The molecule has 1 heterocycles. The summed E-state index contributed by atoms with van der Waals surface area (Å²) >= 11 is 0. The van der Waals surface area contributed by atoms with Gasteiger partial charge in [0, 0.05) is 27.1 Å². The zero-order valence-electron chi connectivity index (χ0n) is 14.2. The van der Waals surface area contributed by atoms with Gasteiger partial charge in [0.05, 0.1) is 12.7 Å². The van der Waals surface area contributed by atoms with Crippen molar-refractivity contribution in [2.75, 3.05) is 32.8 Å². The molecule has 20 heavy (non-hydrogen) atoms. The Morgan fingerprint density at radius 1 is 1.25 bits per heavy atom. The molecule has 0 aromatic rings. The first-order valence-electron chi connectivity index (χ1n) is 8.69. The van der Waals surface area contributed by atoms with E-state index in [9.17, 15) is 0 Å². The zero-order valence-corrected chi connectivity index (χ0v) is 14.2. The van der Waals surface area contributed by atoms with Crippen molar-refractivity contribution in [3.8, 4) is 0 Å². The summed E-state index contributed by atoms with van der Waals surface area (Å²) in [6, 6.07) is 0.668. The van der Waals surface area contributed by atoms with Crippen LogP contribution in [0, 0.1) is 5.92 Å². The number of morpholine rings is 1. The van der Waals surface area contributed by atoms with Gasteiger partial charge < -0.3 is 10.1 Å². The molecular weight excluding hydrogens is 248 g/mol. The van der Waals surface area contributed by atoms with E-state index in [-0.39, 0.29) is 1.43 Å². The van der Waals surface area contributed by atoms with Crippen LogP contribution >= 0.6 is 0 Å². The number of hydrogen-bond donors (Lipinski definition) is 1. The lowest BCUT2D eigenvalue weighted by molar-refractivity contribution is -0.0360. The van der Waals surface area contributed by atoms with Gasteiger partial charge in [0.15, 0.2) is 0 Å². The second-order valence-corrected chi connectivity index (χ2v) is 6.76. The average Bonchev–Trinajstić information content (AvgIpc) is 2.42. The zero-order chi connectivity index (χ0) is 14.8. The molecule has 0 amide bonds. The van der Waals surface area contributed by atoms with Gasteiger partial charge in [0.25, 0.3) is 0 Å². The van der Waals surface area contributed by atoms with Gasteiger partial charge in [-0.05, 0) is 38.6 Å². The van der Waals surface area contributed by atoms with Crippen molar-refractivity contribution in [2.24, 2.45) is 5.92 Å². The van der Waals surface area contributed by atoms with Crippen LogP contribution in [0.1, 0.15) is 61.2 Å². The molecule has 0 saturated carbocycles. The van der Waals surface area contributed by atoms with E-state index in [0.717, 1.165) is 25.6 Å². The molecule has 3 heteroatoms. The Morgan fingerprint density at radius 3 is 2.75 bits per heavy atom. The molecule has 0 spiro atoms. The normalized spacial score (nSPS) is 22.4. The average molecular weight is 287 g/mol. The molecule has 1 saturated heterocycles. The summed E-state index contributed by atoms with van der Waals surface area (Å²) in [6.45, 7) is 14.7. The van der Waals surface area contributed by atoms with Crippen molar-refractivity contribution in [1.29, 1.82) is 0 Å². The van der Waals surface area contributed by atoms with Gasteiger partial charge in [-0.2, -0.15) is 0 Å². The minimum Gasteiger partial charge on any atom is -0.376 e. The molecule has 0 radical (unpaired) electrons. The maximum Gasteiger partial charge on any atom is 0.0702 e. The molecule has 1 fully saturated rings. The van der Waals surface area contributed by atoms with Crippen molar-refractivity contribution < 1.29 is 6.16 Å². The largest absolute Gasteiger partial charge is 0.376 e. The molecule has 122 valence electrons. The third-order valence-corrected chi connectivity index (χ3v) is 4.15. The van der Waals surface area contributed by atoms with Crippen LogP contribution in [0.5, 0.6) is 0 Å². The maximum absolute atomic E-state index is 5.89. The summed E-state index contributed by atoms with van der Waals surface area (Å²) in [5.74, 6) is 0.764. The Hall–Kier alpha value is -0.120. The number of rotatable bonds is 10. The SMILES string of the molecule is CCC(C)NCCCCC[C@@H]1CN(CC(C)C)CCO1.[HH]. The predicted molar refractivity (Wildman–Crippen MR) is 89.4 cm³/mol. The molecular formula is C17H38N2O. The number of unbranched alkanes of at least 4 members (excludes halogenated alkanes) is 2. The van der Waals surface area contributed by atoms with E-state index < -0.39 is 0 Å². The topological polar surface area (TPSA) is 24.5 Å². The monoisotopic (exact) mass is 286 g/mol. The number of hydrogen-bond acceptors (Lipinski definition) is 3. The molecule has 0 bridgehead atoms. The second kappa shape index (κ2) is 10.6. The van der Waals surface area contributed by atoms with Gasteiger partial charge >= 0.3 is 0 Å². The summed E-state index contributed by atoms with van der Waals surface area (Å²) in [5, 5.41) is 3.56. The van der Waals surface area contributed by atoms with Gasteiger partial charge in [-0.3, -0.25) is 4.90 Å². The summed E-state index contributed by atoms with van der Waals surface area (Å²) < 4.78 is 5.89. The van der Waals surface area contributed by atoms with Crippen LogP contribution in [-0.4, -0.2) is 49.8 Å². The molecule has 1 rings (SSSR count). The number of nitrogens with one attached hydrogen (secondary N) is 1.